The highest BCUT2D eigenvalue weighted by molar-refractivity contribution is 4.98. The molecule has 0 bridgehead atoms. The molecule has 0 spiro atoms. The molecule has 3 rings (SSSR count). The van der Waals surface area contributed by atoms with E-state index in [4.69, 9.17) is 4.74 Å². The highest BCUT2D eigenvalue weighted by Crippen LogP contribution is 2.35. The van der Waals surface area contributed by atoms with Gasteiger partial charge in [0, 0.05) is 32.3 Å². The van der Waals surface area contributed by atoms with Crippen molar-refractivity contribution in [1.82, 2.24) is 10.2 Å². The number of piperidine rings is 1. The maximum atomic E-state index is 5.69. The second kappa shape index (κ2) is 4.87. The largest absolute Gasteiger partial charge is 0.377 e. The molecule has 1 saturated carbocycles. The van der Waals surface area contributed by atoms with Crippen molar-refractivity contribution >= 4 is 0 Å². The summed E-state index contributed by atoms with van der Waals surface area (Å²) in [6.07, 6.45) is 9.41. The molecule has 0 aromatic carbocycles. The molecule has 0 amide bonds. The van der Waals surface area contributed by atoms with E-state index >= 15 is 0 Å². The van der Waals surface area contributed by atoms with Crippen molar-refractivity contribution < 1.29 is 4.74 Å². The minimum atomic E-state index is 0.183. The van der Waals surface area contributed by atoms with Gasteiger partial charge in [0.1, 0.15) is 0 Å². The quantitative estimate of drug-likeness (QED) is 0.808. The van der Waals surface area contributed by atoms with Crippen LogP contribution in [0.3, 0.4) is 0 Å². The van der Waals surface area contributed by atoms with Crippen LogP contribution in [0.1, 0.15) is 44.9 Å². The molecule has 17 heavy (non-hydrogen) atoms. The SMILES string of the molecule is COC1(CNC2CCN3CCCCC23)CCC1. The second-order valence-electron chi connectivity index (χ2n) is 6.12. The molecule has 0 aromatic rings. The van der Waals surface area contributed by atoms with Crippen molar-refractivity contribution in [2.45, 2.75) is 62.6 Å². The Morgan fingerprint density at radius 3 is 2.76 bits per heavy atom. The standard InChI is InChI=1S/C14H26N2O/c1-17-14(7-4-8-14)11-15-12-6-10-16-9-3-2-5-13(12)16/h12-13,15H,2-11H2,1H3. The van der Waals surface area contributed by atoms with E-state index < -0.39 is 0 Å². The van der Waals surface area contributed by atoms with E-state index in [0.717, 1.165) is 18.6 Å². The smallest absolute Gasteiger partial charge is 0.0802 e. The summed E-state index contributed by atoms with van der Waals surface area (Å²) in [6.45, 7) is 3.71. The molecular formula is C14H26N2O. The maximum absolute atomic E-state index is 5.69. The summed E-state index contributed by atoms with van der Waals surface area (Å²) >= 11 is 0. The zero-order chi connectivity index (χ0) is 11.7. The van der Waals surface area contributed by atoms with Gasteiger partial charge in [-0.1, -0.05) is 6.42 Å². The Kier molecular flexibility index (Phi) is 3.42. The molecule has 2 heterocycles. The maximum Gasteiger partial charge on any atom is 0.0802 e. The molecule has 3 aliphatic rings. The average Bonchev–Trinajstić information content (AvgIpc) is 2.72. The van der Waals surface area contributed by atoms with Gasteiger partial charge in [-0.15, -0.1) is 0 Å². The highest BCUT2D eigenvalue weighted by atomic mass is 16.5. The van der Waals surface area contributed by atoms with Gasteiger partial charge in [-0.3, -0.25) is 4.90 Å². The number of nitrogens with one attached hydrogen (secondary N) is 1. The predicted molar refractivity (Wildman–Crippen MR) is 69.2 cm³/mol. The van der Waals surface area contributed by atoms with Crippen molar-refractivity contribution in [2.75, 3.05) is 26.7 Å². The molecule has 3 nitrogen and oxygen atoms in total. The lowest BCUT2D eigenvalue weighted by Gasteiger charge is -2.42. The lowest BCUT2D eigenvalue weighted by molar-refractivity contribution is -0.0714. The van der Waals surface area contributed by atoms with Gasteiger partial charge in [0.05, 0.1) is 5.60 Å². The van der Waals surface area contributed by atoms with Crippen molar-refractivity contribution in [3.63, 3.8) is 0 Å². The Morgan fingerprint density at radius 2 is 2.06 bits per heavy atom. The number of hydrogen-bond acceptors (Lipinski definition) is 3. The Hall–Kier alpha value is -0.120. The molecule has 3 heteroatoms. The first kappa shape index (κ1) is 11.9. The zero-order valence-electron chi connectivity index (χ0n) is 11.1. The van der Waals surface area contributed by atoms with Crippen molar-refractivity contribution in [1.29, 1.82) is 0 Å². The van der Waals surface area contributed by atoms with Crippen LogP contribution in [0, 0.1) is 0 Å². The first-order chi connectivity index (χ1) is 8.33. The third-order valence-corrected chi connectivity index (χ3v) is 5.24. The van der Waals surface area contributed by atoms with Crippen LogP contribution >= 0.6 is 0 Å². The first-order valence-corrected chi connectivity index (χ1v) is 7.36. The van der Waals surface area contributed by atoms with Crippen LogP contribution < -0.4 is 5.32 Å². The predicted octanol–water partition coefficient (Wildman–Crippen LogP) is 1.77. The minimum Gasteiger partial charge on any atom is -0.377 e. The van der Waals surface area contributed by atoms with E-state index in [9.17, 15) is 0 Å². The summed E-state index contributed by atoms with van der Waals surface area (Å²) in [5.41, 5.74) is 0.183. The monoisotopic (exact) mass is 238 g/mol. The Morgan fingerprint density at radius 1 is 1.18 bits per heavy atom. The second-order valence-corrected chi connectivity index (χ2v) is 6.12. The summed E-state index contributed by atoms with van der Waals surface area (Å²) in [6, 6.07) is 1.54. The summed E-state index contributed by atoms with van der Waals surface area (Å²) in [5.74, 6) is 0. The fourth-order valence-corrected chi connectivity index (χ4v) is 3.83. The van der Waals surface area contributed by atoms with Crippen LogP contribution in [-0.4, -0.2) is 49.3 Å². The van der Waals surface area contributed by atoms with E-state index in [2.05, 4.69) is 10.2 Å². The molecule has 1 N–H and O–H groups in total. The van der Waals surface area contributed by atoms with Gasteiger partial charge in [-0.2, -0.15) is 0 Å². The third kappa shape index (κ3) is 2.25. The van der Waals surface area contributed by atoms with E-state index in [-0.39, 0.29) is 5.60 Å². The average molecular weight is 238 g/mol. The molecule has 2 atom stereocenters. The van der Waals surface area contributed by atoms with Crippen LogP contribution in [0.2, 0.25) is 0 Å². The van der Waals surface area contributed by atoms with Crippen LogP contribution in [0.4, 0.5) is 0 Å². The van der Waals surface area contributed by atoms with E-state index in [1.165, 1.54) is 58.0 Å². The molecule has 2 saturated heterocycles. The molecule has 0 aromatic heterocycles. The van der Waals surface area contributed by atoms with Crippen LogP contribution in [0.25, 0.3) is 0 Å². The van der Waals surface area contributed by atoms with Crippen LogP contribution in [0.5, 0.6) is 0 Å². The molecular weight excluding hydrogens is 212 g/mol. The topological polar surface area (TPSA) is 24.5 Å². The number of nitrogens with zero attached hydrogens (tertiary/aromatic N) is 1. The number of rotatable bonds is 4. The molecule has 3 fully saturated rings. The Balaban J connectivity index is 1.51. The van der Waals surface area contributed by atoms with Gasteiger partial charge < -0.3 is 10.1 Å². The summed E-state index contributed by atoms with van der Waals surface area (Å²) in [4.78, 5) is 2.70. The molecule has 2 aliphatic heterocycles. The number of fused-ring (bicyclic) bond motifs is 1. The number of ether oxygens (including phenoxy) is 1. The number of methoxy groups -OCH3 is 1. The Bertz CT molecular complexity index is 259. The fraction of sp³-hybridized carbons (Fsp3) is 1.00. The van der Waals surface area contributed by atoms with Crippen molar-refractivity contribution in [3.05, 3.63) is 0 Å². The summed E-state index contributed by atoms with van der Waals surface area (Å²) in [5, 5.41) is 3.81. The van der Waals surface area contributed by atoms with Crippen molar-refractivity contribution in [2.24, 2.45) is 0 Å². The van der Waals surface area contributed by atoms with Gasteiger partial charge in [-0.05, 0) is 45.1 Å². The minimum absolute atomic E-state index is 0.183. The third-order valence-electron chi connectivity index (χ3n) is 5.24. The van der Waals surface area contributed by atoms with Gasteiger partial charge in [0.15, 0.2) is 0 Å². The molecule has 1 aliphatic carbocycles. The lowest BCUT2D eigenvalue weighted by Crippen LogP contribution is -2.53. The van der Waals surface area contributed by atoms with Crippen LogP contribution in [-0.2, 0) is 4.74 Å². The van der Waals surface area contributed by atoms with E-state index in [1.807, 2.05) is 7.11 Å². The lowest BCUT2D eigenvalue weighted by atomic mass is 9.79. The van der Waals surface area contributed by atoms with Crippen molar-refractivity contribution in [3.8, 4) is 0 Å². The van der Waals surface area contributed by atoms with Gasteiger partial charge in [0.25, 0.3) is 0 Å². The van der Waals surface area contributed by atoms with Gasteiger partial charge >= 0.3 is 0 Å². The highest BCUT2D eigenvalue weighted by Gasteiger charge is 2.40. The van der Waals surface area contributed by atoms with E-state index in [0.29, 0.717) is 0 Å². The van der Waals surface area contributed by atoms with Gasteiger partial charge in [0.2, 0.25) is 0 Å². The van der Waals surface area contributed by atoms with E-state index in [1.54, 1.807) is 0 Å². The van der Waals surface area contributed by atoms with Crippen LogP contribution in [0.15, 0.2) is 0 Å². The molecule has 98 valence electrons. The summed E-state index contributed by atoms with van der Waals surface area (Å²) < 4.78 is 5.69. The Labute approximate surface area is 105 Å². The first-order valence-electron chi connectivity index (χ1n) is 7.36. The summed E-state index contributed by atoms with van der Waals surface area (Å²) in [7, 11) is 1.88. The molecule has 2 unspecified atom stereocenters. The molecule has 0 radical (unpaired) electrons. The zero-order valence-corrected chi connectivity index (χ0v) is 11.1. The number of hydrogen-bond donors (Lipinski definition) is 1. The van der Waals surface area contributed by atoms with Gasteiger partial charge in [-0.25, -0.2) is 0 Å². The fourth-order valence-electron chi connectivity index (χ4n) is 3.83. The normalized spacial score (nSPS) is 36.5.